The van der Waals surface area contributed by atoms with Gasteiger partial charge >= 0.3 is 6.11 Å². The highest BCUT2D eigenvalue weighted by Crippen LogP contribution is 2.41. The second-order valence-electron chi connectivity index (χ2n) is 13.0. The second-order valence-corrected chi connectivity index (χ2v) is 13.0. The lowest BCUT2D eigenvalue weighted by atomic mass is 9.77. The van der Waals surface area contributed by atoms with Gasteiger partial charge in [-0.3, -0.25) is 0 Å². The highest BCUT2D eigenvalue weighted by Gasteiger charge is 2.41. The summed E-state index contributed by atoms with van der Waals surface area (Å²) in [5.41, 5.74) is -2.75. The Morgan fingerprint density at radius 2 is 1.27 bits per heavy atom. The van der Waals surface area contributed by atoms with E-state index < -0.39 is 76.0 Å². The fourth-order valence-corrected chi connectivity index (χ4v) is 6.81. The average molecular weight is 723 g/mol. The standard InChI is InChI=1S/C40H36F10O/c1-2-3-4-6-23-9-11-24(12-10-23)25-13-15-29(32(41)17-25)27-20-36(45)39(37(46)21-27)40(49,50)51-28-14-16-30(35(44)22-28)26-18-33(42)31(34(43)19-26)7-5-8-38(47)48/h8,13-24H,2-7,9-12H2,1H3. The van der Waals surface area contributed by atoms with Crippen molar-refractivity contribution >= 4 is 0 Å². The van der Waals surface area contributed by atoms with E-state index in [0.717, 1.165) is 61.9 Å². The van der Waals surface area contributed by atoms with E-state index in [1.807, 2.05) is 0 Å². The van der Waals surface area contributed by atoms with Crippen molar-refractivity contribution in [1.82, 2.24) is 0 Å². The summed E-state index contributed by atoms with van der Waals surface area (Å²) in [6, 6.07) is 9.15. The summed E-state index contributed by atoms with van der Waals surface area (Å²) in [5.74, 6) is -7.79. The summed E-state index contributed by atoms with van der Waals surface area (Å²) in [6.45, 7) is 2.16. The van der Waals surface area contributed by atoms with Gasteiger partial charge in [-0.2, -0.15) is 17.6 Å². The molecule has 0 N–H and O–H groups in total. The van der Waals surface area contributed by atoms with Crippen LogP contribution in [0.5, 0.6) is 5.75 Å². The van der Waals surface area contributed by atoms with Crippen molar-refractivity contribution in [2.75, 3.05) is 0 Å². The SMILES string of the molecule is CCCCCC1CCC(c2ccc(-c3cc(F)c(C(F)(F)Oc4ccc(-c5cc(F)c(CCC=C(F)F)c(F)c5)c(F)c4)c(F)c3)c(F)c2)CC1. The van der Waals surface area contributed by atoms with Crippen LogP contribution in [0, 0.1) is 40.8 Å². The molecule has 0 bridgehead atoms. The van der Waals surface area contributed by atoms with Crippen molar-refractivity contribution in [3.8, 4) is 28.0 Å². The molecule has 0 unspecified atom stereocenters. The molecule has 0 atom stereocenters. The molecule has 272 valence electrons. The Kier molecular flexibility index (Phi) is 12.2. The first-order valence-corrected chi connectivity index (χ1v) is 16.9. The molecule has 4 aromatic carbocycles. The van der Waals surface area contributed by atoms with Crippen LogP contribution in [0.2, 0.25) is 0 Å². The van der Waals surface area contributed by atoms with Crippen LogP contribution in [-0.2, 0) is 12.5 Å². The van der Waals surface area contributed by atoms with Gasteiger partial charge in [0.05, 0.1) is 0 Å². The van der Waals surface area contributed by atoms with E-state index in [2.05, 4.69) is 11.7 Å². The van der Waals surface area contributed by atoms with Gasteiger partial charge in [-0.1, -0.05) is 44.7 Å². The molecule has 0 aliphatic heterocycles. The van der Waals surface area contributed by atoms with Crippen LogP contribution in [0.1, 0.15) is 87.3 Å². The van der Waals surface area contributed by atoms with Crippen molar-refractivity contribution in [3.63, 3.8) is 0 Å². The monoisotopic (exact) mass is 722 g/mol. The summed E-state index contributed by atoms with van der Waals surface area (Å²) in [6.07, 6.45) is 1.73. The normalized spacial score (nSPS) is 16.3. The van der Waals surface area contributed by atoms with Crippen molar-refractivity contribution in [3.05, 3.63) is 124 Å². The van der Waals surface area contributed by atoms with E-state index >= 15 is 22.0 Å². The van der Waals surface area contributed by atoms with Gasteiger partial charge in [-0.25, -0.2) is 26.3 Å². The minimum atomic E-state index is -4.66. The van der Waals surface area contributed by atoms with Crippen LogP contribution in [-0.4, -0.2) is 0 Å². The van der Waals surface area contributed by atoms with Gasteiger partial charge < -0.3 is 4.74 Å². The maximum Gasteiger partial charge on any atom is 0.432 e. The number of hydrogen-bond donors (Lipinski definition) is 0. The quantitative estimate of drug-likeness (QED) is 0.0986. The third kappa shape index (κ3) is 9.15. The van der Waals surface area contributed by atoms with Gasteiger partial charge in [0.25, 0.3) is 6.08 Å². The maximum absolute atomic E-state index is 15.3. The van der Waals surface area contributed by atoms with Gasteiger partial charge in [0.1, 0.15) is 46.2 Å². The summed E-state index contributed by atoms with van der Waals surface area (Å²) in [4.78, 5) is 0. The fourth-order valence-electron chi connectivity index (χ4n) is 6.81. The van der Waals surface area contributed by atoms with Gasteiger partial charge in [0.15, 0.2) is 0 Å². The number of allylic oxidation sites excluding steroid dienone is 1. The molecule has 11 heteroatoms. The smallest absolute Gasteiger partial charge is 0.429 e. The number of halogens is 10. The van der Waals surface area contributed by atoms with Crippen LogP contribution in [0.4, 0.5) is 43.9 Å². The third-order valence-corrected chi connectivity index (χ3v) is 9.50. The molecular formula is C40H36F10O. The average Bonchev–Trinajstić information content (AvgIpc) is 3.05. The first-order valence-electron chi connectivity index (χ1n) is 16.9. The second kappa shape index (κ2) is 16.4. The van der Waals surface area contributed by atoms with E-state index in [-0.39, 0.29) is 29.0 Å². The molecule has 4 aromatic rings. The Morgan fingerprint density at radius 3 is 1.82 bits per heavy atom. The molecule has 1 aliphatic carbocycles. The van der Waals surface area contributed by atoms with Crippen LogP contribution in [0.3, 0.4) is 0 Å². The molecule has 1 fully saturated rings. The molecule has 1 saturated carbocycles. The van der Waals surface area contributed by atoms with Gasteiger partial charge in [-0.15, -0.1) is 0 Å². The predicted octanol–water partition coefficient (Wildman–Crippen LogP) is 13.6. The fraction of sp³-hybridized carbons (Fsp3) is 0.350. The first-order chi connectivity index (χ1) is 24.3. The molecular weight excluding hydrogens is 686 g/mol. The zero-order valence-electron chi connectivity index (χ0n) is 27.8. The van der Waals surface area contributed by atoms with Crippen molar-refractivity contribution in [2.24, 2.45) is 5.92 Å². The van der Waals surface area contributed by atoms with E-state index in [0.29, 0.717) is 30.2 Å². The Labute approximate surface area is 290 Å². The molecule has 0 radical (unpaired) electrons. The Morgan fingerprint density at radius 1 is 0.706 bits per heavy atom. The lowest BCUT2D eigenvalue weighted by molar-refractivity contribution is -0.189. The van der Waals surface area contributed by atoms with E-state index in [1.165, 1.54) is 31.4 Å². The summed E-state index contributed by atoms with van der Waals surface area (Å²) in [5, 5.41) is 0. The number of alkyl halides is 2. The van der Waals surface area contributed by atoms with Crippen LogP contribution >= 0.6 is 0 Å². The lowest BCUT2D eigenvalue weighted by Crippen LogP contribution is -2.25. The lowest BCUT2D eigenvalue weighted by Gasteiger charge is -2.29. The Hall–Kier alpha value is -4.28. The number of hydrogen-bond acceptors (Lipinski definition) is 1. The van der Waals surface area contributed by atoms with Crippen molar-refractivity contribution in [2.45, 2.75) is 83.2 Å². The first kappa shape index (κ1) is 38.0. The minimum Gasteiger partial charge on any atom is -0.429 e. The number of unbranched alkanes of at least 4 members (excludes halogenated alkanes) is 2. The zero-order valence-corrected chi connectivity index (χ0v) is 27.8. The largest absolute Gasteiger partial charge is 0.432 e. The van der Waals surface area contributed by atoms with Crippen LogP contribution in [0.15, 0.2) is 72.8 Å². The molecule has 5 rings (SSSR count). The molecule has 0 heterocycles. The molecule has 51 heavy (non-hydrogen) atoms. The van der Waals surface area contributed by atoms with E-state index in [1.54, 1.807) is 6.07 Å². The zero-order chi connectivity index (χ0) is 36.9. The van der Waals surface area contributed by atoms with Crippen LogP contribution < -0.4 is 4.74 Å². The molecule has 0 spiro atoms. The molecule has 0 aromatic heterocycles. The number of ether oxygens (including phenoxy) is 1. The topological polar surface area (TPSA) is 9.23 Å². The Balaban J connectivity index is 1.29. The number of rotatable bonds is 13. The summed E-state index contributed by atoms with van der Waals surface area (Å²) >= 11 is 0. The van der Waals surface area contributed by atoms with E-state index in [4.69, 9.17) is 0 Å². The molecule has 1 aliphatic rings. The minimum absolute atomic E-state index is 0.152. The molecule has 0 saturated heterocycles. The molecule has 0 amide bonds. The van der Waals surface area contributed by atoms with Gasteiger partial charge in [-0.05, 0) is 116 Å². The van der Waals surface area contributed by atoms with E-state index in [9.17, 15) is 22.0 Å². The van der Waals surface area contributed by atoms with Crippen molar-refractivity contribution < 1.29 is 48.6 Å². The van der Waals surface area contributed by atoms with Gasteiger partial charge in [0, 0.05) is 22.8 Å². The predicted molar refractivity (Wildman–Crippen MR) is 175 cm³/mol. The molecule has 1 nitrogen and oxygen atoms in total. The maximum atomic E-state index is 15.3. The summed E-state index contributed by atoms with van der Waals surface area (Å²) < 4.78 is 149. The number of benzene rings is 4. The highest BCUT2D eigenvalue weighted by molar-refractivity contribution is 5.67. The summed E-state index contributed by atoms with van der Waals surface area (Å²) in [7, 11) is 0. The van der Waals surface area contributed by atoms with Crippen molar-refractivity contribution in [1.29, 1.82) is 0 Å². The van der Waals surface area contributed by atoms with Gasteiger partial charge in [0.2, 0.25) is 0 Å². The Bertz CT molecular complexity index is 1830. The third-order valence-electron chi connectivity index (χ3n) is 9.50. The highest BCUT2D eigenvalue weighted by atomic mass is 19.3. The van der Waals surface area contributed by atoms with Crippen LogP contribution in [0.25, 0.3) is 22.3 Å².